The monoisotopic (exact) mass is 413 g/mol. The first-order valence-electron chi connectivity index (χ1n) is 10.5. The van der Waals surface area contributed by atoms with Crippen LogP contribution in [0.1, 0.15) is 40.3 Å². The summed E-state index contributed by atoms with van der Waals surface area (Å²) in [5, 5.41) is 3.08. The molecule has 3 aromatic carbocycles. The van der Waals surface area contributed by atoms with Crippen molar-refractivity contribution in [2.75, 3.05) is 6.61 Å². The van der Waals surface area contributed by atoms with Gasteiger partial charge >= 0.3 is 0 Å². The van der Waals surface area contributed by atoms with Crippen molar-refractivity contribution in [1.82, 2.24) is 14.9 Å². The Morgan fingerprint density at radius 2 is 1.74 bits per heavy atom. The number of hydrogen-bond acceptors (Lipinski definition) is 3. The minimum Gasteiger partial charge on any atom is -0.491 e. The van der Waals surface area contributed by atoms with Gasteiger partial charge in [-0.1, -0.05) is 42.5 Å². The van der Waals surface area contributed by atoms with Crippen LogP contribution in [0.2, 0.25) is 0 Å². The Balaban J connectivity index is 1.55. The second-order valence-electron chi connectivity index (χ2n) is 7.72. The minimum absolute atomic E-state index is 0.113. The summed E-state index contributed by atoms with van der Waals surface area (Å²) < 4.78 is 8.22. The van der Waals surface area contributed by atoms with Crippen molar-refractivity contribution in [1.29, 1.82) is 0 Å². The maximum Gasteiger partial charge on any atom is 0.251 e. The Hall–Kier alpha value is -3.60. The lowest BCUT2D eigenvalue weighted by Crippen LogP contribution is -2.29. The van der Waals surface area contributed by atoms with E-state index in [1.165, 1.54) is 5.56 Å². The number of aromatic nitrogens is 2. The largest absolute Gasteiger partial charge is 0.491 e. The Morgan fingerprint density at radius 1 is 1.00 bits per heavy atom. The average Bonchev–Trinajstić information content (AvgIpc) is 3.16. The molecule has 1 N–H and O–H groups in total. The lowest BCUT2D eigenvalue weighted by molar-refractivity contribution is 0.0937. The standard InChI is InChI=1S/C26H27N3O2/c1-18-10-9-15-24(19(18)2)31-17-16-29-23-14-8-7-13-22(23)28-25(29)20(3)27-26(30)21-11-5-4-6-12-21/h4-15,20H,16-17H2,1-3H3,(H,27,30). The third kappa shape index (κ3) is 4.45. The first-order valence-corrected chi connectivity index (χ1v) is 10.5. The number of fused-ring (bicyclic) bond motifs is 1. The van der Waals surface area contributed by atoms with Gasteiger partial charge in [-0.3, -0.25) is 4.79 Å². The first-order chi connectivity index (χ1) is 15.0. The maximum absolute atomic E-state index is 12.7. The third-order valence-corrected chi connectivity index (χ3v) is 5.58. The van der Waals surface area contributed by atoms with Crippen molar-refractivity contribution in [3.63, 3.8) is 0 Å². The predicted molar refractivity (Wildman–Crippen MR) is 123 cm³/mol. The molecule has 158 valence electrons. The highest BCUT2D eigenvalue weighted by Crippen LogP contribution is 2.23. The summed E-state index contributed by atoms with van der Waals surface area (Å²) in [5.74, 6) is 1.60. The fourth-order valence-corrected chi connectivity index (χ4v) is 3.72. The van der Waals surface area contributed by atoms with Crippen LogP contribution in [0.3, 0.4) is 0 Å². The summed E-state index contributed by atoms with van der Waals surface area (Å²) in [6.07, 6.45) is 0. The van der Waals surface area contributed by atoms with Gasteiger partial charge in [0.25, 0.3) is 5.91 Å². The molecule has 1 atom stereocenters. The van der Waals surface area contributed by atoms with E-state index in [-0.39, 0.29) is 11.9 Å². The number of rotatable bonds is 7. The second-order valence-corrected chi connectivity index (χ2v) is 7.72. The van der Waals surface area contributed by atoms with Crippen molar-refractivity contribution in [2.45, 2.75) is 33.4 Å². The zero-order valence-electron chi connectivity index (χ0n) is 18.1. The van der Waals surface area contributed by atoms with Gasteiger partial charge in [-0.15, -0.1) is 0 Å². The van der Waals surface area contributed by atoms with Crippen molar-refractivity contribution >= 4 is 16.9 Å². The van der Waals surface area contributed by atoms with Crippen LogP contribution in [-0.4, -0.2) is 22.1 Å². The molecule has 4 aromatic rings. The highest BCUT2D eigenvalue weighted by atomic mass is 16.5. The van der Waals surface area contributed by atoms with Crippen LogP contribution < -0.4 is 10.1 Å². The van der Waals surface area contributed by atoms with E-state index in [4.69, 9.17) is 9.72 Å². The Bertz CT molecular complexity index is 1200. The SMILES string of the molecule is Cc1cccc(OCCn2c(C(C)NC(=O)c3ccccc3)nc3ccccc32)c1C. The molecule has 1 unspecified atom stereocenters. The zero-order chi connectivity index (χ0) is 21.8. The molecule has 5 nitrogen and oxygen atoms in total. The van der Waals surface area contributed by atoms with Crippen molar-refractivity contribution in [2.24, 2.45) is 0 Å². The van der Waals surface area contributed by atoms with Gasteiger partial charge in [0.05, 0.1) is 23.6 Å². The number of carbonyl (C=O) groups excluding carboxylic acids is 1. The van der Waals surface area contributed by atoms with E-state index < -0.39 is 0 Å². The summed E-state index contributed by atoms with van der Waals surface area (Å²) in [4.78, 5) is 17.5. The quantitative estimate of drug-likeness (QED) is 0.452. The number of nitrogens with one attached hydrogen (secondary N) is 1. The van der Waals surface area contributed by atoms with Gasteiger partial charge < -0.3 is 14.6 Å². The number of imidazole rings is 1. The summed E-state index contributed by atoms with van der Waals surface area (Å²) in [6, 6.07) is 23.1. The number of hydrogen-bond donors (Lipinski definition) is 1. The number of para-hydroxylation sites is 2. The van der Waals surface area contributed by atoms with Gasteiger partial charge in [0.2, 0.25) is 0 Å². The molecule has 0 spiro atoms. The predicted octanol–water partition coefficient (Wildman–Crippen LogP) is 5.22. The summed E-state index contributed by atoms with van der Waals surface area (Å²) in [5.41, 5.74) is 4.94. The van der Waals surface area contributed by atoms with Gasteiger partial charge in [-0.25, -0.2) is 4.98 Å². The molecule has 0 aliphatic carbocycles. The first kappa shape index (κ1) is 20.7. The van der Waals surface area contributed by atoms with Crippen molar-refractivity contribution in [3.05, 3.63) is 95.3 Å². The molecule has 31 heavy (non-hydrogen) atoms. The molecule has 1 amide bonds. The number of amides is 1. The lowest BCUT2D eigenvalue weighted by atomic mass is 10.1. The van der Waals surface area contributed by atoms with E-state index >= 15 is 0 Å². The Kier molecular flexibility index (Phi) is 6.03. The number of aryl methyl sites for hydroxylation is 1. The molecular formula is C26H27N3O2. The highest BCUT2D eigenvalue weighted by molar-refractivity contribution is 5.94. The molecule has 0 aliphatic rings. The maximum atomic E-state index is 12.7. The number of nitrogens with zero attached hydrogens (tertiary/aromatic N) is 2. The van der Waals surface area contributed by atoms with Crippen LogP contribution >= 0.6 is 0 Å². The molecule has 0 aliphatic heterocycles. The molecule has 0 saturated carbocycles. The van der Waals surface area contributed by atoms with Crippen LogP contribution in [-0.2, 0) is 6.54 Å². The van der Waals surface area contributed by atoms with Gasteiger partial charge in [0.1, 0.15) is 18.2 Å². The smallest absolute Gasteiger partial charge is 0.251 e. The number of ether oxygens (including phenoxy) is 1. The molecule has 1 aromatic heterocycles. The molecule has 0 fully saturated rings. The van der Waals surface area contributed by atoms with E-state index in [1.54, 1.807) is 0 Å². The molecule has 4 rings (SSSR count). The van der Waals surface area contributed by atoms with Crippen LogP contribution in [0.4, 0.5) is 0 Å². The van der Waals surface area contributed by atoms with Crippen molar-refractivity contribution in [3.8, 4) is 5.75 Å². The highest BCUT2D eigenvalue weighted by Gasteiger charge is 2.19. The van der Waals surface area contributed by atoms with E-state index in [0.717, 1.165) is 28.2 Å². The van der Waals surface area contributed by atoms with E-state index in [2.05, 4.69) is 35.9 Å². The molecule has 0 radical (unpaired) electrons. The van der Waals surface area contributed by atoms with Gasteiger partial charge in [-0.05, 0) is 62.2 Å². The molecule has 1 heterocycles. The third-order valence-electron chi connectivity index (χ3n) is 5.58. The fourth-order valence-electron chi connectivity index (χ4n) is 3.72. The van der Waals surface area contributed by atoms with Crippen LogP contribution in [0.5, 0.6) is 5.75 Å². The molecular weight excluding hydrogens is 386 g/mol. The number of benzene rings is 3. The van der Waals surface area contributed by atoms with Gasteiger partial charge in [0, 0.05) is 5.56 Å². The van der Waals surface area contributed by atoms with Crippen LogP contribution in [0.25, 0.3) is 11.0 Å². The van der Waals surface area contributed by atoms with E-state index in [0.29, 0.717) is 18.7 Å². The topological polar surface area (TPSA) is 56.1 Å². The summed E-state index contributed by atoms with van der Waals surface area (Å²) in [6.45, 7) is 7.26. The normalized spacial score (nSPS) is 12.0. The van der Waals surface area contributed by atoms with E-state index in [9.17, 15) is 4.79 Å². The molecule has 5 heteroatoms. The summed E-state index contributed by atoms with van der Waals surface area (Å²) in [7, 11) is 0. The van der Waals surface area contributed by atoms with Crippen LogP contribution in [0.15, 0.2) is 72.8 Å². The Labute approximate surface area is 182 Å². The average molecular weight is 414 g/mol. The minimum atomic E-state index is -0.249. The lowest BCUT2D eigenvalue weighted by Gasteiger charge is -2.17. The fraction of sp³-hybridized carbons (Fsp3) is 0.231. The second kappa shape index (κ2) is 9.04. The Morgan fingerprint density at radius 3 is 2.55 bits per heavy atom. The van der Waals surface area contributed by atoms with Crippen LogP contribution in [0, 0.1) is 13.8 Å². The number of carbonyl (C=O) groups is 1. The molecule has 0 saturated heterocycles. The molecule has 0 bridgehead atoms. The zero-order valence-corrected chi connectivity index (χ0v) is 18.1. The van der Waals surface area contributed by atoms with Gasteiger partial charge in [0.15, 0.2) is 0 Å². The van der Waals surface area contributed by atoms with Gasteiger partial charge in [-0.2, -0.15) is 0 Å². The van der Waals surface area contributed by atoms with Crippen molar-refractivity contribution < 1.29 is 9.53 Å². The summed E-state index contributed by atoms with van der Waals surface area (Å²) >= 11 is 0. The van der Waals surface area contributed by atoms with E-state index in [1.807, 2.05) is 67.6 Å².